The van der Waals surface area contributed by atoms with Crippen molar-refractivity contribution in [1.29, 1.82) is 0 Å². The van der Waals surface area contributed by atoms with Crippen LogP contribution < -0.4 is 10.6 Å². The van der Waals surface area contributed by atoms with Crippen molar-refractivity contribution in [3.05, 3.63) is 35.9 Å². The molecule has 24 heavy (non-hydrogen) atoms. The van der Waals surface area contributed by atoms with Gasteiger partial charge in [-0.3, -0.25) is 9.59 Å². The Morgan fingerprint density at radius 2 is 1.67 bits per heavy atom. The molecule has 134 valence electrons. The third-order valence-corrected chi connectivity index (χ3v) is 4.29. The zero-order chi connectivity index (χ0) is 17.6. The lowest BCUT2D eigenvalue weighted by atomic mass is 9.99. The molecule has 0 saturated heterocycles. The van der Waals surface area contributed by atoms with Crippen molar-refractivity contribution in [2.45, 2.75) is 58.8 Å². The number of rotatable bonds is 12. The van der Waals surface area contributed by atoms with Crippen LogP contribution in [0.25, 0.3) is 0 Å². The van der Waals surface area contributed by atoms with E-state index in [-0.39, 0.29) is 24.7 Å². The Labute approximate surface area is 146 Å². The van der Waals surface area contributed by atoms with E-state index in [1.807, 2.05) is 30.3 Å². The minimum absolute atomic E-state index is 0.0249. The number of carbonyl (C=O) groups excluding carboxylic acids is 2. The highest BCUT2D eigenvalue weighted by Gasteiger charge is 2.10. The molecule has 0 fully saturated rings. The lowest BCUT2D eigenvalue weighted by Crippen LogP contribution is -2.31. The highest BCUT2D eigenvalue weighted by atomic mass is 16.2. The minimum atomic E-state index is -0.0564. The van der Waals surface area contributed by atoms with E-state index >= 15 is 0 Å². The van der Waals surface area contributed by atoms with Crippen molar-refractivity contribution in [3.63, 3.8) is 0 Å². The van der Waals surface area contributed by atoms with Crippen LogP contribution in [0.3, 0.4) is 0 Å². The van der Waals surface area contributed by atoms with Gasteiger partial charge in [0.2, 0.25) is 11.8 Å². The number of hydrogen-bond donors (Lipinski definition) is 2. The molecule has 0 heterocycles. The van der Waals surface area contributed by atoms with Crippen molar-refractivity contribution >= 4 is 11.8 Å². The third kappa shape index (κ3) is 9.33. The van der Waals surface area contributed by atoms with Crippen LogP contribution in [-0.4, -0.2) is 24.9 Å². The van der Waals surface area contributed by atoms with E-state index in [4.69, 9.17) is 0 Å². The topological polar surface area (TPSA) is 58.2 Å². The summed E-state index contributed by atoms with van der Waals surface area (Å²) in [5.74, 6) is 0.468. The maximum absolute atomic E-state index is 11.8. The Morgan fingerprint density at radius 1 is 1.00 bits per heavy atom. The Balaban J connectivity index is 2.11. The lowest BCUT2D eigenvalue weighted by Gasteiger charge is -2.15. The maximum atomic E-state index is 11.8. The first kappa shape index (κ1) is 20.2. The number of hydrogen-bond acceptors (Lipinski definition) is 2. The zero-order valence-electron chi connectivity index (χ0n) is 15.1. The van der Waals surface area contributed by atoms with Gasteiger partial charge in [-0.1, -0.05) is 63.4 Å². The van der Waals surface area contributed by atoms with E-state index in [0.29, 0.717) is 12.5 Å². The number of unbranched alkanes of at least 4 members (excludes halogenated alkanes) is 1. The van der Waals surface area contributed by atoms with Gasteiger partial charge in [0.1, 0.15) is 0 Å². The summed E-state index contributed by atoms with van der Waals surface area (Å²) in [6, 6.07) is 10.0. The summed E-state index contributed by atoms with van der Waals surface area (Å²) in [4.78, 5) is 23.6. The molecule has 0 bridgehead atoms. The Morgan fingerprint density at radius 3 is 2.29 bits per heavy atom. The average Bonchev–Trinajstić information content (AvgIpc) is 2.61. The molecule has 0 aliphatic carbocycles. The highest BCUT2D eigenvalue weighted by molar-refractivity contribution is 5.83. The Bertz CT molecular complexity index is 474. The number of benzene rings is 1. The van der Waals surface area contributed by atoms with Gasteiger partial charge in [-0.25, -0.2) is 0 Å². The Kier molecular flexibility index (Phi) is 10.6. The molecule has 0 radical (unpaired) electrons. The molecule has 1 atom stereocenters. The molecule has 0 aromatic heterocycles. The van der Waals surface area contributed by atoms with Gasteiger partial charge in [0.15, 0.2) is 0 Å². The van der Waals surface area contributed by atoms with Gasteiger partial charge in [0, 0.05) is 25.9 Å². The summed E-state index contributed by atoms with van der Waals surface area (Å²) in [6.45, 7) is 5.68. The van der Waals surface area contributed by atoms with E-state index in [1.165, 1.54) is 18.4 Å². The largest absolute Gasteiger partial charge is 0.356 e. The van der Waals surface area contributed by atoms with Gasteiger partial charge in [-0.05, 0) is 24.3 Å². The van der Waals surface area contributed by atoms with Crippen LogP contribution in [-0.2, 0) is 16.0 Å². The van der Waals surface area contributed by atoms with Crippen LogP contribution in [0, 0.1) is 5.92 Å². The number of carbonyl (C=O) groups is 2. The van der Waals surface area contributed by atoms with Gasteiger partial charge in [-0.15, -0.1) is 0 Å². The van der Waals surface area contributed by atoms with Crippen LogP contribution >= 0.6 is 0 Å². The van der Waals surface area contributed by atoms with Crippen LogP contribution in [0.4, 0.5) is 0 Å². The van der Waals surface area contributed by atoms with Crippen molar-refractivity contribution in [3.8, 4) is 0 Å². The SMILES string of the molecule is CCCCC(CC)CNC(=O)CCC(=O)NCCc1ccccc1. The quantitative estimate of drug-likeness (QED) is 0.616. The zero-order valence-corrected chi connectivity index (χ0v) is 15.1. The minimum Gasteiger partial charge on any atom is -0.356 e. The molecule has 1 rings (SSSR count). The van der Waals surface area contributed by atoms with E-state index in [1.54, 1.807) is 0 Å². The summed E-state index contributed by atoms with van der Waals surface area (Å²) in [7, 11) is 0. The molecular formula is C20H32N2O2. The van der Waals surface area contributed by atoms with Crippen LogP contribution in [0.5, 0.6) is 0 Å². The summed E-state index contributed by atoms with van der Waals surface area (Å²) < 4.78 is 0. The van der Waals surface area contributed by atoms with E-state index in [0.717, 1.165) is 25.8 Å². The van der Waals surface area contributed by atoms with E-state index in [9.17, 15) is 9.59 Å². The van der Waals surface area contributed by atoms with Gasteiger partial charge in [0.05, 0.1) is 0 Å². The molecule has 0 aliphatic rings. The lowest BCUT2D eigenvalue weighted by molar-refractivity contribution is -0.126. The van der Waals surface area contributed by atoms with Crippen molar-refractivity contribution < 1.29 is 9.59 Å². The predicted molar refractivity (Wildman–Crippen MR) is 98.7 cm³/mol. The standard InChI is InChI=1S/C20H32N2O2/c1-3-5-9-17(4-2)16-22-20(24)13-12-19(23)21-15-14-18-10-7-6-8-11-18/h6-8,10-11,17H,3-5,9,12-16H2,1-2H3,(H,21,23)(H,22,24). The highest BCUT2D eigenvalue weighted by Crippen LogP contribution is 2.11. The van der Waals surface area contributed by atoms with Crippen LogP contribution in [0.1, 0.15) is 57.9 Å². The number of nitrogens with one attached hydrogen (secondary N) is 2. The van der Waals surface area contributed by atoms with Crippen molar-refractivity contribution in [1.82, 2.24) is 10.6 Å². The van der Waals surface area contributed by atoms with E-state index < -0.39 is 0 Å². The van der Waals surface area contributed by atoms with Crippen LogP contribution in [0.15, 0.2) is 30.3 Å². The van der Waals surface area contributed by atoms with Crippen molar-refractivity contribution in [2.75, 3.05) is 13.1 Å². The molecule has 1 aromatic rings. The molecule has 0 aliphatic heterocycles. The molecule has 4 nitrogen and oxygen atoms in total. The fourth-order valence-electron chi connectivity index (χ4n) is 2.60. The van der Waals surface area contributed by atoms with Crippen molar-refractivity contribution in [2.24, 2.45) is 5.92 Å². The molecular weight excluding hydrogens is 300 g/mol. The summed E-state index contributed by atoms with van der Waals surface area (Å²) in [5, 5.41) is 5.83. The molecule has 1 aromatic carbocycles. The summed E-state index contributed by atoms with van der Waals surface area (Å²) >= 11 is 0. The van der Waals surface area contributed by atoms with E-state index in [2.05, 4.69) is 24.5 Å². The fraction of sp³-hybridized carbons (Fsp3) is 0.600. The average molecular weight is 332 g/mol. The maximum Gasteiger partial charge on any atom is 0.220 e. The fourth-order valence-corrected chi connectivity index (χ4v) is 2.60. The van der Waals surface area contributed by atoms with Crippen LogP contribution in [0.2, 0.25) is 0 Å². The smallest absolute Gasteiger partial charge is 0.220 e. The second-order valence-electron chi connectivity index (χ2n) is 6.31. The van der Waals surface area contributed by atoms with Gasteiger partial charge in [0.25, 0.3) is 0 Å². The van der Waals surface area contributed by atoms with Gasteiger partial charge in [-0.2, -0.15) is 0 Å². The molecule has 4 heteroatoms. The first-order chi connectivity index (χ1) is 11.7. The van der Waals surface area contributed by atoms with Gasteiger partial charge >= 0.3 is 0 Å². The first-order valence-electron chi connectivity index (χ1n) is 9.23. The molecule has 2 N–H and O–H groups in total. The molecule has 0 spiro atoms. The summed E-state index contributed by atoms with van der Waals surface area (Å²) in [6.07, 6.45) is 5.97. The second kappa shape index (κ2) is 12.6. The monoisotopic (exact) mass is 332 g/mol. The molecule has 1 unspecified atom stereocenters. The summed E-state index contributed by atoms with van der Waals surface area (Å²) in [5.41, 5.74) is 1.20. The predicted octanol–water partition coefficient (Wildman–Crippen LogP) is 3.46. The number of amides is 2. The second-order valence-corrected chi connectivity index (χ2v) is 6.31. The molecule has 2 amide bonds. The normalized spacial score (nSPS) is 11.8. The molecule has 0 saturated carbocycles. The first-order valence-corrected chi connectivity index (χ1v) is 9.23. The third-order valence-electron chi connectivity index (χ3n) is 4.29. The van der Waals surface area contributed by atoms with Gasteiger partial charge < -0.3 is 10.6 Å². The Hall–Kier alpha value is -1.84.